The van der Waals surface area contributed by atoms with Crippen LogP contribution in [0.25, 0.3) is 0 Å². The van der Waals surface area contributed by atoms with Crippen LogP contribution in [-0.4, -0.2) is 23.1 Å². The lowest BCUT2D eigenvalue weighted by Crippen LogP contribution is -2.20. The van der Waals surface area contributed by atoms with Crippen molar-refractivity contribution in [2.45, 2.75) is 0 Å². The van der Waals surface area contributed by atoms with Gasteiger partial charge >= 0.3 is 6.03 Å². The number of methoxy groups -OCH3 is 1. The second-order valence-corrected chi connectivity index (χ2v) is 7.16. The van der Waals surface area contributed by atoms with E-state index in [0.29, 0.717) is 33.0 Å². The third-order valence-corrected chi connectivity index (χ3v) is 4.66. The Bertz CT molecular complexity index is 999. The Kier molecular flexibility index (Phi) is 6.56. The molecule has 10 heteroatoms. The number of ether oxygens (including phenoxy) is 1. The van der Waals surface area contributed by atoms with E-state index < -0.39 is 6.03 Å². The van der Waals surface area contributed by atoms with Crippen LogP contribution in [0, 0.1) is 0 Å². The Balaban J connectivity index is 1.73. The maximum absolute atomic E-state index is 12.3. The predicted octanol–water partition coefficient (Wildman–Crippen LogP) is 5.94. The number of nitrogens with zero attached hydrogens (tertiary/aromatic N) is 2. The van der Waals surface area contributed by atoms with Crippen LogP contribution in [0.4, 0.5) is 27.8 Å². The fraction of sp³-hybridized carbons (Fsp3) is 0.0556. The molecule has 3 aromatic rings. The number of amides is 2. The first-order chi connectivity index (χ1) is 13.5. The van der Waals surface area contributed by atoms with E-state index in [1.165, 1.54) is 6.33 Å². The molecule has 0 unspecified atom stereocenters. The van der Waals surface area contributed by atoms with Gasteiger partial charge in [-0.25, -0.2) is 14.8 Å². The molecular formula is C18H14BrCl2N5O2. The molecule has 144 valence electrons. The second kappa shape index (κ2) is 9.09. The van der Waals surface area contributed by atoms with Gasteiger partial charge in [-0.1, -0.05) is 45.2 Å². The highest BCUT2D eigenvalue weighted by atomic mass is 79.9. The maximum atomic E-state index is 12.3. The first-order valence-electron chi connectivity index (χ1n) is 7.91. The zero-order valence-corrected chi connectivity index (χ0v) is 17.6. The predicted molar refractivity (Wildman–Crippen MR) is 115 cm³/mol. The van der Waals surface area contributed by atoms with E-state index in [1.807, 2.05) is 18.2 Å². The van der Waals surface area contributed by atoms with Crippen molar-refractivity contribution >= 4 is 68.2 Å². The van der Waals surface area contributed by atoms with E-state index in [9.17, 15) is 4.79 Å². The van der Waals surface area contributed by atoms with Gasteiger partial charge in [0.25, 0.3) is 0 Å². The van der Waals surface area contributed by atoms with Crippen molar-refractivity contribution in [3.63, 3.8) is 0 Å². The van der Waals surface area contributed by atoms with E-state index in [1.54, 1.807) is 31.4 Å². The Morgan fingerprint density at radius 2 is 1.75 bits per heavy atom. The minimum atomic E-state index is -0.542. The van der Waals surface area contributed by atoms with Crippen molar-refractivity contribution < 1.29 is 9.53 Å². The van der Waals surface area contributed by atoms with Crippen molar-refractivity contribution in [1.29, 1.82) is 0 Å². The molecule has 0 bridgehead atoms. The molecule has 3 N–H and O–H groups in total. The fourth-order valence-electron chi connectivity index (χ4n) is 2.29. The van der Waals surface area contributed by atoms with Gasteiger partial charge in [0.15, 0.2) is 0 Å². The summed E-state index contributed by atoms with van der Waals surface area (Å²) < 4.78 is 6.20. The summed E-state index contributed by atoms with van der Waals surface area (Å²) in [6.07, 6.45) is 1.32. The summed E-state index contributed by atoms with van der Waals surface area (Å²) in [5.74, 6) is 1.40. The number of carbonyl (C=O) groups is 1. The van der Waals surface area contributed by atoms with Crippen LogP contribution >= 0.6 is 39.1 Å². The molecule has 1 aromatic heterocycles. The summed E-state index contributed by atoms with van der Waals surface area (Å²) >= 11 is 15.5. The summed E-state index contributed by atoms with van der Waals surface area (Å²) in [5, 5.41) is 9.00. The normalized spacial score (nSPS) is 10.3. The highest BCUT2D eigenvalue weighted by Crippen LogP contribution is 2.31. The number of hydrogen-bond donors (Lipinski definition) is 3. The van der Waals surface area contributed by atoms with E-state index >= 15 is 0 Å². The minimum Gasteiger partial charge on any atom is -0.495 e. The summed E-state index contributed by atoms with van der Waals surface area (Å²) in [5.41, 5.74) is 1.02. The average molecular weight is 483 g/mol. The fourth-order valence-corrected chi connectivity index (χ4v) is 3.14. The Morgan fingerprint density at radius 1 is 1.04 bits per heavy atom. The molecule has 2 aromatic carbocycles. The van der Waals surface area contributed by atoms with Crippen LogP contribution in [0.5, 0.6) is 5.75 Å². The molecule has 0 saturated carbocycles. The Labute approximate surface area is 179 Å². The summed E-state index contributed by atoms with van der Waals surface area (Å²) in [6, 6.07) is 11.5. The third-order valence-electron chi connectivity index (χ3n) is 3.53. The number of para-hydroxylation sites is 1. The number of nitrogens with one attached hydrogen (secondary N) is 3. The lowest BCUT2D eigenvalue weighted by Gasteiger charge is -2.12. The van der Waals surface area contributed by atoms with E-state index in [2.05, 4.69) is 41.8 Å². The molecule has 0 fully saturated rings. The molecule has 0 aliphatic carbocycles. The number of benzene rings is 2. The minimum absolute atomic E-state index is 0.284. The Morgan fingerprint density at radius 3 is 2.46 bits per heavy atom. The number of carbonyl (C=O) groups excluding carboxylic acids is 1. The lowest BCUT2D eigenvalue weighted by molar-refractivity contribution is 0.262. The lowest BCUT2D eigenvalue weighted by atomic mass is 10.3. The SMILES string of the molecule is COc1ccc(Br)cc1Nc1cc(NC(=O)Nc2c(Cl)cccc2Cl)ncn1. The number of halogens is 3. The zero-order valence-electron chi connectivity index (χ0n) is 14.5. The number of urea groups is 1. The molecule has 2 amide bonds. The van der Waals surface area contributed by atoms with Crippen LogP contribution in [0.2, 0.25) is 10.0 Å². The largest absolute Gasteiger partial charge is 0.495 e. The smallest absolute Gasteiger partial charge is 0.324 e. The molecule has 3 rings (SSSR count). The first-order valence-corrected chi connectivity index (χ1v) is 9.46. The van der Waals surface area contributed by atoms with Gasteiger partial charge in [-0.3, -0.25) is 5.32 Å². The second-order valence-electron chi connectivity index (χ2n) is 5.43. The number of aromatic nitrogens is 2. The van der Waals surface area contributed by atoms with Crippen LogP contribution < -0.4 is 20.7 Å². The van der Waals surface area contributed by atoms with Crippen molar-refractivity contribution in [3.05, 3.63) is 63.3 Å². The molecule has 1 heterocycles. The van der Waals surface area contributed by atoms with Crippen LogP contribution in [0.15, 0.2) is 53.3 Å². The van der Waals surface area contributed by atoms with Crippen molar-refractivity contribution in [1.82, 2.24) is 9.97 Å². The monoisotopic (exact) mass is 481 g/mol. The van der Waals surface area contributed by atoms with E-state index in [4.69, 9.17) is 27.9 Å². The number of hydrogen-bond acceptors (Lipinski definition) is 5. The van der Waals surface area contributed by atoms with Gasteiger partial charge in [0.1, 0.15) is 23.7 Å². The van der Waals surface area contributed by atoms with E-state index in [0.717, 1.165) is 4.47 Å². The molecule has 0 atom stereocenters. The standard InChI is InChI=1S/C18H14BrCl2N5O2/c1-28-14-6-5-10(19)7-13(14)24-15-8-16(23-9-22-15)25-18(27)26-17-11(20)3-2-4-12(17)21/h2-9H,1H3,(H3,22,23,24,25,26,27). The molecule has 0 aliphatic rings. The van der Waals surface area contributed by atoms with Gasteiger partial charge in [-0.15, -0.1) is 0 Å². The highest BCUT2D eigenvalue weighted by molar-refractivity contribution is 9.10. The first kappa shape index (κ1) is 20.2. The Hall–Kier alpha value is -2.55. The van der Waals surface area contributed by atoms with Crippen molar-refractivity contribution in [2.24, 2.45) is 0 Å². The van der Waals surface area contributed by atoms with Gasteiger partial charge in [0.05, 0.1) is 28.5 Å². The summed E-state index contributed by atoms with van der Waals surface area (Å²) in [4.78, 5) is 20.4. The van der Waals surface area contributed by atoms with Gasteiger partial charge in [0, 0.05) is 10.5 Å². The molecule has 0 radical (unpaired) electrons. The van der Waals surface area contributed by atoms with Gasteiger partial charge in [-0.05, 0) is 30.3 Å². The van der Waals surface area contributed by atoms with Gasteiger partial charge in [-0.2, -0.15) is 0 Å². The summed E-state index contributed by atoms with van der Waals surface area (Å²) in [6.45, 7) is 0. The number of rotatable bonds is 5. The van der Waals surface area contributed by atoms with Gasteiger partial charge < -0.3 is 15.4 Å². The summed E-state index contributed by atoms with van der Waals surface area (Å²) in [7, 11) is 1.57. The van der Waals surface area contributed by atoms with Crippen LogP contribution in [0.3, 0.4) is 0 Å². The topological polar surface area (TPSA) is 88.2 Å². The molecule has 0 spiro atoms. The average Bonchev–Trinajstić information content (AvgIpc) is 2.65. The van der Waals surface area contributed by atoms with E-state index in [-0.39, 0.29) is 5.82 Å². The quantitative estimate of drug-likeness (QED) is 0.418. The van der Waals surface area contributed by atoms with Gasteiger partial charge in [0.2, 0.25) is 0 Å². The maximum Gasteiger partial charge on any atom is 0.324 e. The van der Waals surface area contributed by atoms with Crippen molar-refractivity contribution in [2.75, 3.05) is 23.1 Å². The van der Waals surface area contributed by atoms with Crippen molar-refractivity contribution in [3.8, 4) is 5.75 Å². The molecule has 0 saturated heterocycles. The molecule has 28 heavy (non-hydrogen) atoms. The third kappa shape index (κ3) is 5.03. The molecular weight excluding hydrogens is 469 g/mol. The highest BCUT2D eigenvalue weighted by Gasteiger charge is 2.11. The number of anilines is 4. The zero-order chi connectivity index (χ0) is 20.1. The molecule has 0 aliphatic heterocycles. The van der Waals surface area contributed by atoms with Crippen LogP contribution in [-0.2, 0) is 0 Å². The molecule has 7 nitrogen and oxygen atoms in total. The van der Waals surface area contributed by atoms with Crippen LogP contribution in [0.1, 0.15) is 0 Å².